The van der Waals surface area contributed by atoms with Crippen LogP contribution in [0.4, 0.5) is 5.69 Å². The summed E-state index contributed by atoms with van der Waals surface area (Å²) in [5.74, 6) is -0.171. The SMILES string of the molecule is Cc1ncc(/C=C/C(=O)N(C)[C@@H](C)c2cccc([N+](=O)[O-])c2)s1. The molecule has 0 aliphatic carbocycles. The predicted octanol–water partition coefficient (Wildman–Crippen LogP) is 3.59. The molecular formula is C16H17N3O3S. The smallest absolute Gasteiger partial charge is 0.269 e. The van der Waals surface area contributed by atoms with Crippen LogP contribution in [0.2, 0.25) is 0 Å². The lowest BCUT2D eigenvalue weighted by molar-refractivity contribution is -0.384. The van der Waals surface area contributed by atoms with Crippen LogP contribution in [-0.2, 0) is 4.79 Å². The van der Waals surface area contributed by atoms with E-state index in [9.17, 15) is 14.9 Å². The highest BCUT2D eigenvalue weighted by atomic mass is 32.1. The van der Waals surface area contributed by atoms with Gasteiger partial charge in [0.05, 0.1) is 16.0 Å². The normalized spacial score (nSPS) is 12.3. The molecule has 0 N–H and O–H groups in total. The van der Waals surface area contributed by atoms with E-state index in [1.807, 2.05) is 13.8 Å². The fraction of sp³-hybridized carbons (Fsp3) is 0.250. The lowest BCUT2D eigenvalue weighted by Crippen LogP contribution is -2.28. The van der Waals surface area contributed by atoms with E-state index in [0.717, 1.165) is 15.4 Å². The minimum Gasteiger partial charge on any atom is -0.335 e. The molecule has 0 saturated heterocycles. The molecule has 1 atom stereocenters. The van der Waals surface area contributed by atoms with Crippen LogP contribution in [0.5, 0.6) is 0 Å². The molecular weight excluding hydrogens is 314 g/mol. The second-order valence-electron chi connectivity index (χ2n) is 5.09. The van der Waals surface area contributed by atoms with E-state index in [1.54, 1.807) is 36.4 Å². The molecule has 0 bridgehead atoms. The minimum atomic E-state index is -0.440. The van der Waals surface area contributed by atoms with Gasteiger partial charge in [-0.2, -0.15) is 0 Å². The molecule has 6 nitrogen and oxygen atoms in total. The van der Waals surface area contributed by atoms with Gasteiger partial charge in [0, 0.05) is 36.3 Å². The Morgan fingerprint density at radius 3 is 2.83 bits per heavy atom. The molecule has 23 heavy (non-hydrogen) atoms. The lowest BCUT2D eigenvalue weighted by Gasteiger charge is -2.24. The molecule has 1 heterocycles. The van der Waals surface area contributed by atoms with Crippen LogP contribution in [-0.4, -0.2) is 27.8 Å². The van der Waals surface area contributed by atoms with Crippen LogP contribution in [0.1, 0.15) is 28.4 Å². The summed E-state index contributed by atoms with van der Waals surface area (Å²) >= 11 is 1.51. The van der Waals surface area contributed by atoms with Crippen molar-refractivity contribution in [3.63, 3.8) is 0 Å². The van der Waals surface area contributed by atoms with Gasteiger partial charge in [0.15, 0.2) is 0 Å². The summed E-state index contributed by atoms with van der Waals surface area (Å²) in [5.41, 5.74) is 0.739. The van der Waals surface area contributed by atoms with Crippen LogP contribution in [0.3, 0.4) is 0 Å². The summed E-state index contributed by atoms with van der Waals surface area (Å²) in [7, 11) is 1.67. The Labute approximate surface area is 138 Å². The Balaban J connectivity index is 2.10. The quantitative estimate of drug-likeness (QED) is 0.476. The van der Waals surface area contributed by atoms with Gasteiger partial charge in [0.2, 0.25) is 5.91 Å². The first-order valence-corrected chi connectivity index (χ1v) is 7.82. The molecule has 1 aromatic heterocycles. The van der Waals surface area contributed by atoms with Crippen molar-refractivity contribution in [1.29, 1.82) is 0 Å². The number of amides is 1. The van der Waals surface area contributed by atoms with E-state index >= 15 is 0 Å². The number of hydrogen-bond donors (Lipinski definition) is 0. The zero-order valence-corrected chi connectivity index (χ0v) is 13.9. The summed E-state index contributed by atoms with van der Waals surface area (Å²) < 4.78 is 0. The van der Waals surface area contributed by atoms with Gasteiger partial charge in [-0.3, -0.25) is 14.9 Å². The average molecular weight is 331 g/mol. The van der Waals surface area contributed by atoms with Crippen molar-refractivity contribution in [2.75, 3.05) is 7.05 Å². The van der Waals surface area contributed by atoms with Crippen molar-refractivity contribution >= 4 is 29.0 Å². The van der Waals surface area contributed by atoms with Crippen LogP contribution in [0, 0.1) is 17.0 Å². The van der Waals surface area contributed by atoms with Crippen LogP contribution >= 0.6 is 11.3 Å². The number of nitro benzene ring substituents is 1. The summed E-state index contributed by atoms with van der Waals surface area (Å²) in [4.78, 5) is 29.2. The maximum atomic E-state index is 12.2. The molecule has 0 radical (unpaired) electrons. The van der Waals surface area contributed by atoms with Crippen molar-refractivity contribution < 1.29 is 9.72 Å². The maximum absolute atomic E-state index is 12.2. The molecule has 0 spiro atoms. The number of carbonyl (C=O) groups excluding carboxylic acids is 1. The Morgan fingerprint density at radius 1 is 1.48 bits per heavy atom. The topological polar surface area (TPSA) is 76.3 Å². The molecule has 0 fully saturated rings. The first-order chi connectivity index (χ1) is 10.9. The number of likely N-dealkylation sites (N-methyl/N-ethyl adjacent to an activating group) is 1. The number of rotatable bonds is 5. The Hall–Kier alpha value is -2.54. The predicted molar refractivity (Wildman–Crippen MR) is 90.2 cm³/mol. The maximum Gasteiger partial charge on any atom is 0.269 e. The summed E-state index contributed by atoms with van der Waals surface area (Å²) in [6.07, 6.45) is 4.93. The lowest BCUT2D eigenvalue weighted by atomic mass is 10.1. The van der Waals surface area contributed by atoms with Crippen molar-refractivity contribution in [2.24, 2.45) is 0 Å². The van der Waals surface area contributed by atoms with Crippen molar-refractivity contribution in [2.45, 2.75) is 19.9 Å². The molecule has 7 heteroatoms. The molecule has 1 aromatic carbocycles. The first kappa shape index (κ1) is 16.8. The van der Waals surface area contributed by atoms with Gasteiger partial charge in [0.25, 0.3) is 5.69 Å². The monoisotopic (exact) mass is 331 g/mol. The molecule has 120 valence electrons. The highest BCUT2D eigenvalue weighted by molar-refractivity contribution is 7.12. The number of benzene rings is 1. The highest BCUT2D eigenvalue weighted by Crippen LogP contribution is 2.23. The van der Waals surface area contributed by atoms with Gasteiger partial charge in [-0.25, -0.2) is 4.98 Å². The number of aryl methyl sites for hydroxylation is 1. The zero-order chi connectivity index (χ0) is 17.0. The second kappa shape index (κ2) is 7.15. The van der Waals surface area contributed by atoms with Crippen molar-refractivity contribution in [1.82, 2.24) is 9.88 Å². The minimum absolute atomic E-state index is 0.0193. The number of nitro groups is 1. The number of carbonyl (C=O) groups is 1. The van der Waals surface area contributed by atoms with Gasteiger partial charge in [0.1, 0.15) is 0 Å². The highest BCUT2D eigenvalue weighted by Gasteiger charge is 2.17. The van der Waals surface area contributed by atoms with Crippen LogP contribution in [0.25, 0.3) is 6.08 Å². The van der Waals surface area contributed by atoms with Gasteiger partial charge < -0.3 is 4.90 Å². The second-order valence-corrected chi connectivity index (χ2v) is 6.36. The van der Waals surface area contributed by atoms with Crippen molar-refractivity contribution in [3.05, 3.63) is 62.1 Å². The van der Waals surface area contributed by atoms with Crippen molar-refractivity contribution in [3.8, 4) is 0 Å². The summed E-state index contributed by atoms with van der Waals surface area (Å²) in [5, 5.41) is 11.8. The fourth-order valence-corrected chi connectivity index (χ4v) is 2.73. The van der Waals surface area contributed by atoms with Gasteiger partial charge in [-0.15, -0.1) is 11.3 Å². The van der Waals surface area contributed by atoms with E-state index in [4.69, 9.17) is 0 Å². The van der Waals surface area contributed by atoms with Gasteiger partial charge in [-0.05, 0) is 25.5 Å². The summed E-state index contributed by atoms with van der Waals surface area (Å²) in [6.45, 7) is 3.74. The number of nitrogens with zero attached hydrogens (tertiary/aromatic N) is 3. The Morgan fingerprint density at radius 2 is 2.22 bits per heavy atom. The standard InChI is InChI=1S/C16H17N3O3S/c1-11(13-5-4-6-14(9-13)19(21)22)18(3)16(20)8-7-15-10-17-12(2)23-15/h4-11H,1-3H3/b8-7+/t11-/m0/s1. The molecule has 0 aliphatic heterocycles. The number of non-ortho nitro benzene ring substituents is 1. The number of aromatic nitrogens is 1. The van der Waals surface area contributed by atoms with Gasteiger partial charge >= 0.3 is 0 Å². The van der Waals surface area contributed by atoms with E-state index in [-0.39, 0.29) is 17.6 Å². The third kappa shape index (κ3) is 4.23. The molecule has 0 saturated carbocycles. The molecule has 0 aliphatic rings. The third-order valence-electron chi connectivity index (χ3n) is 3.52. The van der Waals surface area contributed by atoms with Crippen LogP contribution < -0.4 is 0 Å². The van der Waals surface area contributed by atoms with E-state index in [0.29, 0.717) is 0 Å². The Bertz CT molecular complexity index is 755. The molecule has 1 amide bonds. The van der Waals surface area contributed by atoms with E-state index < -0.39 is 4.92 Å². The fourth-order valence-electron chi connectivity index (χ4n) is 2.04. The largest absolute Gasteiger partial charge is 0.335 e. The summed E-state index contributed by atoms with van der Waals surface area (Å²) in [6, 6.07) is 6.06. The molecule has 0 unspecified atom stereocenters. The molecule has 2 rings (SSSR count). The Kier molecular flexibility index (Phi) is 5.23. The number of hydrogen-bond acceptors (Lipinski definition) is 5. The number of thiazole rings is 1. The van der Waals surface area contributed by atoms with E-state index in [2.05, 4.69) is 4.98 Å². The molecule has 2 aromatic rings. The van der Waals surface area contributed by atoms with E-state index in [1.165, 1.54) is 29.5 Å². The third-order valence-corrected chi connectivity index (χ3v) is 4.40. The van der Waals surface area contributed by atoms with Crippen LogP contribution in [0.15, 0.2) is 36.5 Å². The first-order valence-electron chi connectivity index (χ1n) is 7.00. The van der Waals surface area contributed by atoms with Gasteiger partial charge in [-0.1, -0.05) is 12.1 Å². The zero-order valence-electron chi connectivity index (χ0n) is 13.1. The average Bonchev–Trinajstić information content (AvgIpc) is 2.96.